The number of imide groups is 1. The highest BCUT2D eigenvalue weighted by atomic mass is 16.5. The molecule has 7 heteroatoms. The maximum atomic E-state index is 12.7. The normalized spacial score (nSPS) is 18.8. The Balaban J connectivity index is 1.54. The van der Waals surface area contributed by atoms with Gasteiger partial charge in [-0.05, 0) is 42.7 Å². The molecule has 2 aromatic rings. The summed E-state index contributed by atoms with van der Waals surface area (Å²) in [5.74, 6) is -0.134. The molecule has 1 saturated heterocycles. The number of amides is 3. The van der Waals surface area contributed by atoms with Crippen molar-refractivity contribution in [3.05, 3.63) is 47.7 Å². The minimum atomic E-state index is -0.603. The second kappa shape index (κ2) is 7.42. The van der Waals surface area contributed by atoms with Gasteiger partial charge in [0.05, 0.1) is 18.5 Å². The predicted octanol–water partition coefficient (Wildman–Crippen LogP) is 2.30. The second-order valence-corrected chi connectivity index (χ2v) is 7.00. The topological polar surface area (TPSA) is 88.6 Å². The summed E-state index contributed by atoms with van der Waals surface area (Å²) in [4.78, 5) is 42.2. The molecule has 0 aliphatic carbocycles. The third kappa shape index (κ3) is 3.35. The summed E-state index contributed by atoms with van der Waals surface area (Å²) >= 11 is 0. The van der Waals surface area contributed by atoms with Gasteiger partial charge in [0, 0.05) is 24.1 Å². The van der Waals surface area contributed by atoms with Gasteiger partial charge in [0.25, 0.3) is 5.91 Å². The van der Waals surface area contributed by atoms with E-state index in [0.717, 1.165) is 29.0 Å². The van der Waals surface area contributed by atoms with Gasteiger partial charge in [0.1, 0.15) is 11.8 Å². The molecule has 28 heavy (non-hydrogen) atoms. The molecule has 2 aliphatic heterocycles. The fourth-order valence-electron chi connectivity index (χ4n) is 3.59. The van der Waals surface area contributed by atoms with Crippen LogP contribution in [0.5, 0.6) is 5.75 Å². The molecule has 0 saturated carbocycles. The Morgan fingerprint density at radius 2 is 2.07 bits per heavy atom. The second-order valence-electron chi connectivity index (χ2n) is 7.00. The first-order valence-electron chi connectivity index (χ1n) is 9.43. The summed E-state index contributed by atoms with van der Waals surface area (Å²) in [5.41, 5.74) is 3.15. The van der Waals surface area contributed by atoms with Crippen molar-refractivity contribution in [1.29, 1.82) is 0 Å². The predicted molar refractivity (Wildman–Crippen MR) is 102 cm³/mol. The van der Waals surface area contributed by atoms with Gasteiger partial charge in [0.2, 0.25) is 11.8 Å². The van der Waals surface area contributed by atoms with E-state index in [9.17, 15) is 14.4 Å². The van der Waals surface area contributed by atoms with Crippen LogP contribution in [0.15, 0.2) is 36.5 Å². The molecule has 1 fully saturated rings. The summed E-state index contributed by atoms with van der Waals surface area (Å²) in [6, 6.07) is 8.75. The van der Waals surface area contributed by atoms with Gasteiger partial charge in [0.15, 0.2) is 0 Å². The van der Waals surface area contributed by atoms with E-state index in [1.165, 1.54) is 0 Å². The van der Waals surface area contributed by atoms with E-state index in [4.69, 9.17) is 4.74 Å². The smallest absolute Gasteiger partial charge is 0.255 e. The average molecular weight is 379 g/mol. The lowest BCUT2D eigenvalue weighted by atomic mass is 10.0. The Morgan fingerprint density at radius 1 is 1.21 bits per heavy atom. The third-order valence-corrected chi connectivity index (χ3v) is 5.03. The zero-order chi connectivity index (χ0) is 19.7. The van der Waals surface area contributed by atoms with Gasteiger partial charge in [-0.1, -0.05) is 13.0 Å². The molecule has 7 nitrogen and oxygen atoms in total. The zero-order valence-electron chi connectivity index (χ0n) is 15.6. The third-order valence-electron chi connectivity index (χ3n) is 5.03. The lowest BCUT2D eigenvalue weighted by Crippen LogP contribution is -2.52. The molecule has 1 N–H and O–H groups in total. The summed E-state index contributed by atoms with van der Waals surface area (Å²) in [6.45, 7) is 3.05. The number of rotatable bonds is 5. The fourth-order valence-corrected chi connectivity index (χ4v) is 3.59. The SMILES string of the molecule is CCCOc1ccc(-c2ccc3c(c2)CN(C2CCC(=O)NC2=O)C3=O)nc1. The summed E-state index contributed by atoms with van der Waals surface area (Å²) in [7, 11) is 0. The minimum absolute atomic E-state index is 0.174. The molecule has 1 atom stereocenters. The molecule has 0 spiro atoms. The lowest BCUT2D eigenvalue weighted by molar-refractivity contribution is -0.136. The van der Waals surface area contributed by atoms with Crippen molar-refractivity contribution in [2.45, 2.75) is 38.8 Å². The minimum Gasteiger partial charge on any atom is -0.492 e. The molecule has 144 valence electrons. The van der Waals surface area contributed by atoms with Gasteiger partial charge in [-0.25, -0.2) is 0 Å². The molecule has 3 heterocycles. The molecule has 1 aromatic heterocycles. The van der Waals surface area contributed by atoms with Crippen molar-refractivity contribution < 1.29 is 19.1 Å². The fraction of sp³-hybridized carbons (Fsp3) is 0.333. The highest BCUT2D eigenvalue weighted by Gasteiger charge is 2.39. The molecule has 0 bridgehead atoms. The molecule has 3 amide bonds. The van der Waals surface area contributed by atoms with Crippen molar-refractivity contribution in [3.63, 3.8) is 0 Å². The van der Waals surface area contributed by atoms with Crippen LogP contribution >= 0.6 is 0 Å². The van der Waals surface area contributed by atoms with Crippen LogP contribution in [0.1, 0.15) is 42.1 Å². The molecule has 1 aromatic carbocycles. The Bertz CT molecular complexity index is 939. The van der Waals surface area contributed by atoms with Gasteiger partial charge in [-0.2, -0.15) is 0 Å². The van der Waals surface area contributed by atoms with Crippen molar-refractivity contribution in [2.24, 2.45) is 0 Å². The number of carbonyl (C=O) groups excluding carboxylic acids is 3. The number of nitrogens with one attached hydrogen (secondary N) is 1. The molecule has 1 unspecified atom stereocenters. The number of piperidine rings is 1. The Labute approximate surface area is 162 Å². The first-order chi connectivity index (χ1) is 13.6. The van der Waals surface area contributed by atoms with Crippen LogP contribution in [0.2, 0.25) is 0 Å². The van der Waals surface area contributed by atoms with Gasteiger partial charge in [-0.3, -0.25) is 24.7 Å². The first-order valence-corrected chi connectivity index (χ1v) is 9.43. The lowest BCUT2D eigenvalue weighted by Gasteiger charge is -2.29. The van der Waals surface area contributed by atoms with Crippen LogP contribution < -0.4 is 10.1 Å². The largest absolute Gasteiger partial charge is 0.492 e. The van der Waals surface area contributed by atoms with Crippen LogP contribution in [-0.4, -0.2) is 40.3 Å². The highest BCUT2D eigenvalue weighted by Crippen LogP contribution is 2.31. The molecular weight excluding hydrogens is 358 g/mol. The van der Waals surface area contributed by atoms with E-state index in [1.807, 2.05) is 31.2 Å². The van der Waals surface area contributed by atoms with Crippen LogP contribution in [0.4, 0.5) is 0 Å². The maximum absolute atomic E-state index is 12.7. The van der Waals surface area contributed by atoms with E-state index in [-0.39, 0.29) is 18.2 Å². The number of fused-ring (bicyclic) bond motifs is 1. The number of hydrogen-bond acceptors (Lipinski definition) is 5. The van der Waals surface area contributed by atoms with E-state index < -0.39 is 11.9 Å². The Morgan fingerprint density at radius 3 is 2.79 bits per heavy atom. The van der Waals surface area contributed by atoms with E-state index in [1.54, 1.807) is 17.2 Å². The zero-order valence-corrected chi connectivity index (χ0v) is 15.6. The molecule has 0 radical (unpaired) electrons. The molecular formula is C21H21N3O4. The maximum Gasteiger partial charge on any atom is 0.255 e. The monoisotopic (exact) mass is 379 g/mol. The Hall–Kier alpha value is -3.22. The summed E-state index contributed by atoms with van der Waals surface area (Å²) < 4.78 is 5.56. The number of hydrogen-bond donors (Lipinski definition) is 1. The van der Waals surface area contributed by atoms with Crippen LogP contribution in [0, 0.1) is 0 Å². The van der Waals surface area contributed by atoms with Crippen LogP contribution in [0.3, 0.4) is 0 Å². The number of ether oxygens (including phenoxy) is 1. The van der Waals surface area contributed by atoms with E-state index >= 15 is 0 Å². The quantitative estimate of drug-likeness (QED) is 0.806. The van der Waals surface area contributed by atoms with Crippen molar-refractivity contribution in [3.8, 4) is 17.0 Å². The number of aromatic nitrogens is 1. The van der Waals surface area contributed by atoms with Gasteiger partial charge >= 0.3 is 0 Å². The van der Waals surface area contributed by atoms with Crippen LogP contribution in [0.25, 0.3) is 11.3 Å². The Kier molecular flexibility index (Phi) is 4.81. The molecule has 2 aliphatic rings. The number of carbonyl (C=O) groups is 3. The average Bonchev–Trinajstić information content (AvgIpc) is 3.02. The van der Waals surface area contributed by atoms with Crippen molar-refractivity contribution in [2.75, 3.05) is 6.61 Å². The summed E-state index contributed by atoms with van der Waals surface area (Å²) in [6.07, 6.45) is 3.24. The van der Waals surface area contributed by atoms with Crippen LogP contribution in [-0.2, 0) is 16.1 Å². The number of nitrogens with zero attached hydrogens (tertiary/aromatic N) is 2. The summed E-state index contributed by atoms with van der Waals surface area (Å²) in [5, 5.41) is 2.32. The number of benzene rings is 1. The number of pyridine rings is 1. The molecule has 4 rings (SSSR count). The van der Waals surface area contributed by atoms with Gasteiger partial charge in [-0.15, -0.1) is 0 Å². The van der Waals surface area contributed by atoms with Gasteiger partial charge < -0.3 is 9.64 Å². The van der Waals surface area contributed by atoms with E-state index in [2.05, 4.69) is 10.3 Å². The van der Waals surface area contributed by atoms with Crippen molar-refractivity contribution >= 4 is 17.7 Å². The van der Waals surface area contributed by atoms with Crippen molar-refractivity contribution in [1.82, 2.24) is 15.2 Å². The van der Waals surface area contributed by atoms with E-state index in [0.29, 0.717) is 25.1 Å². The standard InChI is InChI=1S/C21H21N3O4/c1-2-9-28-15-4-6-17(22-11-15)13-3-5-16-14(10-13)12-24(21(16)27)18-7-8-19(25)23-20(18)26/h3-6,10-11,18H,2,7-9,12H2,1H3,(H,23,25,26). The highest BCUT2D eigenvalue weighted by molar-refractivity contribution is 6.05. The first kappa shape index (κ1) is 18.2.